The predicted octanol–water partition coefficient (Wildman–Crippen LogP) is 2.10. The van der Waals surface area contributed by atoms with E-state index in [1.165, 1.54) is 6.07 Å². The second-order valence-corrected chi connectivity index (χ2v) is 8.30. The fraction of sp³-hybridized carbons (Fsp3) is 0.533. The summed E-state index contributed by atoms with van der Waals surface area (Å²) in [5.41, 5.74) is 1.39. The number of nitrogens with one attached hydrogen (secondary N) is 1. The number of H-pyrrole nitrogens is 1. The van der Waals surface area contributed by atoms with Gasteiger partial charge in [0.25, 0.3) is 0 Å². The van der Waals surface area contributed by atoms with Crippen LogP contribution in [0.1, 0.15) is 25.8 Å². The molecule has 1 N–H and O–H groups in total. The topological polar surface area (TPSA) is 83.4 Å². The molecular formula is C15H20N2O4S. The Morgan fingerprint density at radius 1 is 1.23 bits per heavy atom. The van der Waals surface area contributed by atoms with Gasteiger partial charge < -0.3 is 4.42 Å². The first-order chi connectivity index (χ1) is 10.3. The third-order valence-electron chi connectivity index (χ3n) is 4.17. The van der Waals surface area contributed by atoms with Crippen LogP contribution < -0.4 is 5.76 Å². The molecule has 1 aromatic heterocycles. The third kappa shape index (κ3) is 2.59. The van der Waals surface area contributed by atoms with E-state index in [1.807, 2.05) is 0 Å². The maximum absolute atomic E-state index is 12.9. The molecule has 0 aliphatic carbocycles. The van der Waals surface area contributed by atoms with E-state index in [0.29, 0.717) is 36.0 Å². The van der Waals surface area contributed by atoms with Crippen LogP contribution in [0, 0.1) is 18.8 Å². The Balaban J connectivity index is 2.08. The molecule has 1 fully saturated rings. The minimum Gasteiger partial charge on any atom is -0.408 e. The van der Waals surface area contributed by atoms with Crippen molar-refractivity contribution < 1.29 is 12.8 Å². The Hall–Kier alpha value is -1.60. The molecule has 1 aliphatic rings. The molecule has 0 unspecified atom stereocenters. The van der Waals surface area contributed by atoms with Gasteiger partial charge in [0.15, 0.2) is 5.58 Å². The van der Waals surface area contributed by atoms with Gasteiger partial charge in [-0.1, -0.05) is 13.8 Å². The van der Waals surface area contributed by atoms with Crippen molar-refractivity contribution >= 4 is 21.1 Å². The van der Waals surface area contributed by atoms with E-state index in [0.717, 1.165) is 6.42 Å². The predicted molar refractivity (Wildman–Crippen MR) is 83.3 cm³/mol. The number of hydrogen-bond acceptors (Lipinski definition) is 4. The summed E-state index contributed by atoms with van der Waals surface area (Å²) in [5.74, 6) is 0.102. The summed E-state index contributed by atoms with van der Waals surface area (Å²) in [6, 6.07) is 3.09. The van der Waals surface area contributed by atoms with Crippen molar-refractivity contribution in [3.8, 4) is 0 Å². The van der Waals surface area contributed by atoms with Crippen LogP contribution in [-0.4, -0.2) is 30.8 Å². The summed E-state index contributed by atoms with van der Waals surface area (Å²) in [6.07, 6.45) is 1.04. The first kappa shape index (κ1) is 15.3. The number of benzene rings is 1. The highest BCUT2D eigenvalue weighted by Gasteiger charge is 2.32. The molecule has 2 aromatic rings. The molecule has 0 amide bonds. The average molecular weight is 324 g/mol. The minimum absolute atomic E-state index is 0.212. The highest BCUT2D eigenvalue weighted by molar-refractivity contribution is 7.89. The Morgan fingerprint density at radius 2 is 1.86 bits per heavy atom. The van der Waals surface area contributed by atoms with Crippen molar-refractivity contribution in [2.24, 2.45) is 11.8 Å². The van der Waals surface area contributed by atoms with Gasteiger partial charge in [0.1, 0.15) is 0 Å². The number of hydrogen-bond donors (Lipinski definition) is 1. The fourth-order valence-corrected chi connectivity index (χ4v) is 5.21. The molecular weight excluding hydrogens is 304 g/mol. The Bertz CT molecular complexity index is 855. The van der Waals surface area contributed by atoms with E-state index in [2.05, 4.69) is 18.8 Å². The van der Waals surface area contributed by atoms with Crippen LogP contribution in [0.4, 0.5) is 0 Å². The number of aryl methyl sites for hydroxylation is 1. The number of nitrogens with zero attached hydrogens (tertiary/aromatic N) is 1. The molecule has 0 radical (unpaired) electrons. The maximum Gasteiger partial charge on any atom is 0.417 e. The molecule has 2 heterocycles. The fourth-order valence-electron chi connectivity index (χ4n) is 3.31. The lowest BCUT2D eigenvalue weighted by atomic mass is 9.94. The van der Waals surface area contributed by atoms with Crippen molar-refractivity contribution in [3.05, 3.63) is 28.2 Å². The summed E-state index contributed by atoms with van der Waals surface area (Å²) in [4.78, 5) is 14.0. The van der Waals surface area contributed by atoms with E-state index >= 15 is 0 Å². The van der Waals surface area contributed by atoms with Gasteiger partial charge in [-0.3, -0.25) is 4.98 Å². The summed E-state index contributed by atoms with van der Waals surface area (Å²) in [6.45, 7) is 6.93. The van der Waals surface area contributed by atoms with E-state index in [9.17, 15) is 13.2 Å². The molecule has 0 bridgehead atoms. The second-order valence-electron chi connectivity index (χ2n) is 6.40. The Kier molecular flexibility index (Phi) is 3.65. The van der Waals surface area contributed by atoms with Crippen LogP contribution in [0.2, 0.25) is 0 Å². The van der Waals surface area contributed by atoms with Gasteiger partial charge in [-0.15, -0.1) is 0 Å². The van der Waals surface area contributed by atoms with E-state index < -0.39 is 15.8 Å². The zero-order valence-corrected chi connectivity index (χ0v) is 13.7. The van der Waals surface area contributed by atoms with Gasteiger partial charge in [-0.2, -0.15) is 4.31 Å². The first-order valence-corrected chi connectivity index (χ1v) is 8.85. The number of aromatic nitrogens is 1. The highest BCUT2D eigenvalue weighted by atomic mass is 32.2. The van der Waals surface area contributed by atoms with Crippen LogP contribution in [0.15, 0.2) is 26.2 Å². The van der Waals surface area contributed by atoms with Crippen molar-refractivity contribution in [3.63, 3.8) is 0 Å². The minimum atomic E-state index is -3.58. The van der Waals surface area contributed by atoms with Gasteiger partial charge >= 0.3 is 5.76 Å². The molecule has 7 heteroatoms. The van der Waals surface area contributed by atoms with Crippen LogP contribution >= 0.6 is 0 Å². The number of aromatic amines is 1. The van der Waals surface area contributed by atoms with Gasteiger partial charge in [-0.25, -0.2) is 13.2 Å². The molecule has 0 spiro atoms. The molecule has 120 valence electrons. The van der Waals surface area contributed by atoms with Crippen LogP contribution in [0.5, 0.6) is 0 Å². The normalized spacial score (nSPS) is 24.0. The van der Waals surface area contributed by atoms with E-state index in [4.69, 9.17) is 4.42 Å². The molecule has 0 saturated carbocycles. The first-order valence-electron chi connectivity index (χ1n) is 7.41. The molecule has 1 aromatic carbocycles. The molecule has 1 aliphatic heterocycles. The van der Waals surface area contributed by atoms with Gasteiger partial charge in [0.2, 0.25) is 10.0 Å². The van der Waals surface area contributed by atoms with Crippen molar-refractivity contribution in [1.82, 2.24) is 9.29 Å². The SMILES string of the molecule is Cc1cc2[nH]c(=O)oc2cc1S(=O)(=O)N1C[C@@H](C)C[C@H](C)C1. The Labute approximate surface area is 129 Å². The van der Waals surface area contributed by atoms with Crippen LogP contribution in [0.3, 0.4) is 0 Å². The summed E-state index contributed by atoms with van der Waals surface area (Å²) >= 11 is 0. The van der Waals surface area contributed by atoms with Crippen molar-refractivity contribution in [1.29, 1.82) is 0 Å². The maximum atomic E-state index is 12.9. The van der Waals surface area contributed by atoms with Gasteiger partial charge in [0.05, 0.1) is 10.4 Å². The van der Waals surface area contributed by atoms with Gasteiger partial charge in [0, 0.05) is 19.2 Å². The summed E-state index contributed by atoms with van der Waals surface area (Å²) in [7, 11) is -3.58. The van der Waals surface area contributed by atoms with Crippen molar-refractivity contribution in [2.75, 3.05) is 13.1 Å². The van der Waals surface area contributed by atoms with Crippen LogP contribution in [0.25, 0.3) is 11.1 Å². The van der Waals surface area contributed by atoms with Gasteiger partial charge in [-0.05, 0) is 36.8 Å². The van der Waals surface area contributed by atoms with E-state index in [-0.39, 0.29) is 10.5 Å². The number of fused-ring (bicyclic) bond motifs is 1. The molecule has 6 nitrogen and oxygen atoms in total. The number of oxazole rings is 1. The lowest BCUT2D eigenvalue weighted by Gasteiger charge is -2.34. The number of rotatable bonds is 2. The quantitative estimate of drug-likeness (QED) is 0.917. The van der Waals surface area contributed by atoms with Crippen molar-refractivity contribution in [2.45, 2.75) is 32.1 Å². The zero-order chi connectivity index (χ0) is 16.1. The third-order valence-corrected chi connectivity index (χ3v) is 6.14. The number of sulfonamides is 1. The van der Waals surface area contributed by atoms with Crippen LogP contribution in [-0.2, 0) is 10.0 Å². The molecule has 1 saturated heterocycles. The standard InChI is InChI=1S/C15H20N2O4S/c1-9-4-10(2)8-17(7-9)22(19,20)14-6-13-12(5-11(14)3)16-15(18)21-13/h5-6,9-10H,4,7-8H2,1-3H3,(H,16,18)/t9-,10-/m0/s1. The zero-order valence-electron chi connectivity index (χ0n) is 12.9. The largest absolute Gasteiger partial charge is 0.417 e. The number of piperidine rings is 1. The highest BCUT2D eigenvalue weighted by Crippen LogP contribution is 2.29. The molecule has 2 atom stereocenters. The summed E-state index contributed by atoms with van der Waals surface area (Å²) < 4.78 is 32.4. The van der Waals surface area contributed by atoms with E-state index in [1.54, 1.807) is 17.3 Å². The summed E-state index contributed by atoms with van der Waals surface area (Å²) in [5, 5.41) is 0. The monoisotopic (exact) mass is 324 g/mol. The lowest BCUT2D eigenvalue weighted by Crippen LogP contribution is -2.42. The average Bonchev–Trinajstić information content (AvgIpc) is 2.75. The Morgan fingerprint density at radius 3 is 2.50 bits per heavy atom. The lowest BCUT2D eigenvalue weighted by molar-refractivity contribution is 0.222. The molecule has 22 heavy (non-hydrogen) atoms. The molecule has 3 rings (SSSR count). The second kappa shape index (κ2) is 5.24. The smallest absolute Gasteiger partial charge is 0.408 e.